The van der Waals surface area contributed by atoms with Gasteiger partial charge in [0.05, 0.1) is 24.8 Å². The summed E-state index contributed by atoms with van der Waals surface area (Å²) in [6, 6.07) is 7.89. The van der Waals surface area contributed by atoms with Gasteiger partial charge < -0.3 is 14.0 Å². The van der Waals surface area contributed by atoms with E-state index in [4.69, 9.17) is 9.47 Å². The molecule has 2 rings (SSSR count). The Balaban J connectivity index is 2.26. The van der Waals surface area contributed by atoms with Crippen LogP contribution in [0.3, 0.4) is 0 Å². The maximum absolute atomic E-state index is 11.7. The molecule has 1 aromatic carbocycles. The Morgan fingerprint density at radius 3 is 2.76 bits per heavy atom. The molecule has 0 spiro atoms. The van der Waals surface area contributed by atoms with Crippen molar-refractivity contribution in [3.8, 4) is 5.75 Å². The van der Waals surface area contributed by atoms with Crippen LogP contribution in [0.15, 0.2) is 42.6 Å². The Hall–Kier alpha value is -2.23. The molecule has 21 heavy (non-hydrogen) atoms. The van der Waals surface area contributed by atoms with Gasteiger partial charge in [-0.15, -0.1) is 0 Å². The van der Waals surface area contributed by atoms with Crippen LogP contribution in [0.25, 0.3) is 10.9 Å². The fraction of sp³-hybridized carbons (Fsp3) is 0.353. The van der Waals surface area contributed by atoms with E-state index in [2.05, 4.69) is 6.58 Å². The molecule has 0 saturated carbocycles. The van der Waals surface area contributed by atoms with Gasteiger partial charge in [0.25, 0.3) is 0 Å². The van der Waals surface area contributed by atoms with Crippen LogP contribution in [0.2, 0.25) is 0 Å². The largest absolute Gasteiger partial charge is 0.490 e. The molecule has 0 amide bonds. The normalized spacial score (nSPS) is 10.9. The lowest BCUT2D eigenvalue weighted by Crippen LogP contribution is -2.11. The van der Waals surface area contributed by atoms with Crippen LogP contribution < -0.4 is 4.74 Å². The lowest BCUT2D eigenvalue weighted by Gasteiger charge is -2.12. The van der Waals surface area contributed by atoms with Crippen LogP contribution in [0.4, 0.5) is 0 Å². The van der Waals surface area contributed by atoms with Gasteiger partial charge in [-0.1, -0.05) is 12.6 Å². The maximum Gasteiger partial charge on any atom is 0.335 e. The molecule has 0 aliphatic carbocycles. The third-order valence-corrected chi connectivity index (χ3v) is 3.06. The number of carbonyl (C=O) groups is 1. The summed E-state index contributed by atoms with van der Waals surface area (Å²) in [4.78, 5) is 11.7. The minimum Gasteiger partial charge on any atom is -0.490 e. The van der Waals surface area contributed by atoms with E-state index in [0.29, 0.717) is 18.7 Å². The van der Waals surface area contributed by atoms with Crippen molar-refractivity contribution in [3.63, 3.8) is 0 Å². The van der Waals surface area contributed by atoms with E-state index in [1.807, 2.05) is 48.9 Å². The second-order valence-corrected chi connectivity index (χ2v) is 5.12. The fourth-order valence-electron chi connectivity index (χ4n) is 2.19. The molecule has 112 valence electrons. The predicted octanol–water partition coefficient (Wildman–Crippen LogP) is 3.55. The van der Waals surface area contributed by atoms with E-state index >= 15 is 0 Å². The zero-order valence-corrected chi connectivity index (χ0v) is 12.8. The molecule has 0 N–H and O–H groups in total. The van der Waals surface area contributed by atoms with Gasteiger partial charge in [-0.05, 0) is 39.0 Å². The number of ether oxygens (including phenoxy) is 2. The number of hydrogen-bond donors (Lipinski definition) is 0. The Morgan fingerprint density at radius 1 is 1.33 bits per heavy atom. The topological polar surface area (TPSA) is 40.5 Å². The zero-order valence-electron chi connectivity index (χ0n) is 12.8. The van der Waals surface area contributed by atoms with Crippen molar-refractivity contribution < 1.29 is 14.3 Å². The van der Waals surface area contributed by atoms with Crippen molar-refractivity contribution in [3.05, 3.63) is 42.6 Å². The molecule has 0 saturated heterocycles. The van der Waals surface area contributed by atoms with Gasteiger partial charge in [-0.2, -0.15) is 0 Å². The summed E-state index contributed by atoms with van der Waals surface area (Å²) >= 11 is 0. The van der Waals surface area contributed by atoms with E-state index in [1.54, 1.807) is 6.92 Å². The highest BCUT2D eigenvalue weighted by molar-refractivity contribution is 5.89. The molecular formula is C17H21NO3. The molecule has 1 heterocycles. The number of rotatable bonds is 6. The minimum atomic E-state index is -0.353. The zero-order chi connectivity index (χ0) is 15.4. The van der Waals surface area contributed by atoms with Gasteiger partial charge in [-0.3, -0.25) is 0 Å². The third kappa shape index (κ3) is 3.45. The molecule has 0 atom stereocenters. The highest BCUT2D eigenvalue weighted by atomic mass is 16.5. The molecule has 2 aromatic rings. The average molecular weight is 287 g/mol. The summed E-state index contributed by atoms with van der Waals surface area (Å²) in [6.45, 7) is 10.3. The second kappa shape index (κ2) is 6.48. The van der Waals surface area contributed by atoms with Crippen molar-refractivity contribution in [1.29, 1.82) is 0 Å². The van der Waals surface area contributed by atoms with Gasteiger partial charge in [0.15, 0.2) is 0 Å². The van der Waals surface area contributed by atoms with Gasteiger partial charge in [0, 0.05) is 17.2 Å². The van der Waals surface area contributed by atoms with Crippen molar-refractivity contribution in [2.75, 3.05) is 6.61 Å². The van der Waals surface area contributed by atoms with Crippen molar-refractivity contribution in [2.24, 2.45) is 0 Å². The van der Waals surface area contributed by atoms with E-state index in [1.165, 1.54) is 0 Å². The van der Waals surface area contributed by atoms with Gasteiger partial charge >= 0.3 is 5.97 Å². The van der Waals surface area contributed by atoms with Crippen molar-refractivity contribution in [2.45, 2.75) is 33.4 Å². The average Bonchev–Trinajstić information content (AvgIpc) is 2.83. The first-order valence-electron chi connectivity index (χ1n) is 7.12. The first kappa shape index (κ1) is 15.2. The Labute approximate surface area is 125 Å². The second-order valence-electron chi connectivity index (χ2n) is 5.12. The summed E-state index contributed by atoms with van der Waals surface area (Å²) < 4.78 is 12.7. The summed E-state index contributed by atoms with van der Waals surface area (Å²) in [6.07, 6.45) is 2.05. The maximum atomic E-state index is 11.7. The molecule has 0 unspecified atom stereocenters. The number of carbonyl (C=O) groups excluding carboxylic acids is 1. The summed E-state index contributed by atoms with van der Waals surface area (Å²) in [5.41, 5.74) is 1.45. The fourth-order valence-corrected chi connectivity index (χ4v) is 2.19. The monoisotopic (exact) mass is 287 g/mol. The van der Waals surface area contributed by atoms with E-state index in [9.17, 15) is 4.79 Å². The van der Waals surface area contributed by atoms with E-state index in [0.717, 1.165) is 16.7 Å². The lowest BCUT2D eigenvalue weighted by atomic mass is 10.2. The molecule has 0 radical (unpaired) electrons. The SMILES string of the molecule is C=C(Cn1ccc2c(OC(C)C)cccc21)C(=O)OCC. The number of fused-ring (bicyclic) bond motifs is 1. The molecule has 0 aliphatic rings. The lowest BCUT2D eigenvalue weighted by molar-refractivity contribution is -0.138. The molecule has 0 aliphatic heterocycles. The van der Waals surface area contributed by atoms with Gasteiger partial charge in [-0.25, -0.2) is 4.79 Å². The summed E-state index contributed by atoms with van der Waals surface area (Å²) in [7, 11) is 0. The highest BCUT2D eigenvalue weighted by Crippen LogP contribution is 2.27. The standard InChI is InChI=1S/C17H21NO3/c1-5-20-17(19)13(4)11-18-10-9-14-15(18)7-6-8-16(14)21-12(2)3/h6-10,12H,4-5,11H2,1-3H3. The number of benzene rings is 1. The van der Waals surface area contributed by atoms with E-state index < -0.39 is 0 Å². The molecule has 4 heteroatoms. The van der Waals surface area contributed by atoms with Gasteiger partial charge in [0.1, 0.15) is 5.75 Å². The first-order valence-corrected chi connectivity index (χ1v) is 7.12. The van der Waals surface area contributed by atoms with Crippen molar-refractivity contribution in [1.82, 2.24) is 4.57 Å². The van der Waals surface area contributed by atoms with Crippen molar-refractivity contribution >= 4 is 16.9 Å². The number of aromatic nitrogens is 1. The predicted molar refractivity (Wildman–Crippen MR) is 83.5 cm³/mol. The number of nitrogens with zero attached hydrogens (tertiary/aromatic N) is 1. The first-order chi connectivity index (χ1) is 10.0. The quantitative estimate of drug-likeness (QED) is 0.602. The number of hydrogen-bond acceptors (Lipinski definition) is 3. The van der Waals surface area contributed by atoms with E-state index in [-0.39, 0.29) is 12.1 Å². The molecular weight excluding hydrogens is 266 g/mol. The third-order valence-electron chi connectivity index (χ3n) is 3.06. The van der Waals surface area contributed by atoms with Gasteiger partial charge in [0.2, 0.25) is 0 Å². The van der Waals surface area contributed by atoms with Crippen LogP contribution in [-0.2, 0) is 16.1 Å². The molecule has 0 bridgehead atoms. The Morgan fingerprint density at radius 2 is 2.10 bits per heavy atom. The summed E-state index contributed by atoms with van der Waals surface area (Å²) in [5, 5.41) is 1.03. The Bertz CT molecular complexity index is 655. The molecule has 1 aromatic heterocycles. The highest BCUT2D eigenvalue weighted by Gasteiger charge is 2.12. The smallest absolute Gasteiger partial charge is 0.335 e. The minimum absolute atomic E-state index is 0.119. The van der Waals surface area contributed by atoms with Crippen LogP contribution in [0, 0.1) is 0 Å². The summed E-state index contributed by atoms with van der Waals surface area (Å²) in [5.74, 6) is 0.497. The molecule has 4 nitrogen and oxygen atoms in total. The number of esters is 1. The van der Waals surface area contributed by atoms with Crippen LogP contribution in [0.1, 0.15) is 20.8 Å². The van der Waals surface area contributed by atoms with Crippen LogP contribution in [-0.4, -0.2) is 23.2 Å². The van der Waals surface area contributed by atoms with Crippen LogP contribution in [0.5, 0.6) is 5.75 Å². The molecule has 0 fully saturated rings. The van der Waals surface area contributed by atoms with Crippen LogP contribution >= 0.6 is 0 Å². The Kier molecular flexibility index (Phi) is 4.68.